The van der Waals surface area contributed by atoms with Gasteiger partial charge in [-0.25, -0.2) is 14.5 Å². The molecule has 1 N–H and O–H groups in total. The third-order valence-electron chi connectivity index (χ3n) is 7.44. The number of pyridine rings is 2. The van der Waals surface area contributed by atoms with Crippen molar-refractivity contribution in [2.45, 2.75) is 45.2 Å². The molecule has 0 spiro atoms. The SMILES string of the molecule is Cc1ncc(Cl)cc1C(=O)NC1CCC(Cn2c(=O)n(-c3cnc4c(c3)nnn4C)c3ccccc32)CC1. The molecule has 38 heavy (non-hydrogen) atoms. The molecule has 4 aromatic heterocycles. The molecule has 1 aliphatic rings. The summed E-state index contributed by atoms with van der Waals surface area (Å²) >= 11 is 6.04. The van der Waals surface area contributed by atoms with Gasteiger partial charge in [0.05, 0.1) is 39.2 Å². The van der Waals surface area contributed by atoms with Gasteiger partial charge in [0, 0.05) is 25.8 Å². The van der Waals surface area contributed by atoms with E-state index in [0.717, 1.165) is 36.7 Å². The lowest BCUT2D eigenvalue weighted by atomic mass is 9.85. The minimum Gasteiger partial charge on any atom is -0.349 e. The Kier molecular flexibility index (Phi) is 6.19. The molecule has 0 atom stereocenters. The molecular weight excluding hydrogens is 504 g/mol. The summed E-state index contributed by atoms with van der Waals surface area (Å²) < 4.78 is 5.17. The van der Waals surface area contributed by atoms with Crippen molar-refractivity contribution in [2.24, 2.45) is 13.0 Å². The fourth-order valence-corrected chi connectivity index (χ4v) is 5.58. The molecule has 1 aliphatic carbocycles. The number of rotatable bonds is 5. The molecule has 4 heterocycles. The average Bonchev–Trinajstić information content (AvgIpc) is 3.42. The van der Waals surface area contributed by atoms with Crippen molar-refractivity contribution in [3.63, 3.8) is 0 Å². The molecule has 0 saturated heterocycles. The minimum absolute atomic E-state index is 0.0833. The number of halogens is 1. The first-order valence-corrected chi connectivity index (χ1v) is 13.1. The zero-order valence-electron chi connectivity index (χ0n) is 21.1. The number of imidazole rings is 1. The lowest BCUT2D eigenvalue weighted by molar-refractivity contribution is 0.0919. The summed E-state index contributed by atoms with van der Waals surface area (Å²) in [5.41, 5.74) is 4.74. The van der Waals surface area contributed by atoms with Crippen LogP contribution in [-0.2, 0) is 13.6 Å². The number of carbonyl (C=O) groups excluding carboxylic acids is 1. The smallest absolute Gasteiger partial charge is 0.333 e. The fourth-order valence-electron chi connectivity index (χ4n) is 5.42. The molecule has 194 valence electrons. The summed E-state index contributed by atoms with van der Waals surface area (Å²) in [5.74, 6) is 0.184. The van der Waals surface area contributed by atoms with Crippen LogP contribution < -0.4 is 11.0 Å². The van der Waals surface area contributed by atoms with Crippen LogP contribution in [0, 0.1) is 12.8 Å². The van der Waals surface area contributed by atoms with E-state index in [1.165, 1.54) is 0 Å². The quantitative estimate of drug-likeness (QED) is 0.370. The first-order chi connectivity index (χ1) is 18.4. The zero-order valence-corrected chi connectivity index (χ0v) is 21.9. The van der Waals surface area contributed by atoms with Crippen LogP contribution in [0.2, 0.25) is 5.02 Å². The van der Waals surface area contributed by atoms with Crippen LogP contribution >= 0.6 is 11.6 Å². The van der Waals surface area contributed by atoms with Crippen LogP contribution in [-0.4, -0.2) is 46.0 Å². The summed E-state index contributed by atoms with van der Waals surface area (Å²) in [6.45, 7) is 2.42. The summed E-state index contributed by atoms with van der Waals surface area (Å²) in [5, 5.41) is 11.8. The number of nitrogens with zero attached hydrogens (tertiary/aromatic N) is 7. The van der Waals surface area contributed by atoms with E-state index in [9.17, 15) is 9.59 Å². The molecule has 11 heteroatoms. The van der Waals surface area contributed by atoms with Crippen LogP contribution in [0.25, 0.3) is 27.9 Å². The van der Waals surface area contributed by atoms with E-state index >= 15 is 0 Å². The van der Waals surface area contributed by atoms with Gasteiger partial charge in [-0.05, 0) is 62.8 Å². The number of nitrogens with one attached hydrogen (secondary N) is 1. The first-order valence-electron chi connectivity index (χ1n) is 12.7. The lowest BCUT2D eigenvalue weighted by Crippen LogP contribution is -2.39. The Morgan fingerprint density at radius 3 is 2.63 bits per heavy atom. The Labute approximate surface area is 223 Å². The van der Waals surface area contributed by atoms with Gasteiger partial charge >= 0.3 is 5.69 Å². The largest absolute Gasteiger partial charge is 0.349 e. The highest BCUT2D eigenvalue weighted by atomic mass is 35.5. The Bertz CT molecular complexity index is 1730. The molecule has 1 amide bonds. The van der Waals surface area contributed by atoms with Crippen molar-refractivity contribution >= 4 is 39.7 Å². The van der Waals surface area contributed by atoms with E-state index < -0.39 is 0 Å². The van der Waals surface area contributed by atoms with Crippen LogP contribution in [0.5, 0.6) is 0 Å². The fraction of sp³-hybridized carbons (Fsp3) is 0.333. The second-order valence-electron chi connectivity index (χ2n) is 9.94. The minimum atomic E-state index is -0.145. The molecule has 1 fully saturated rings. The van der Waals surface area contributed by atoms with Crippen LogP contribution in [0.1, 0.15) is 41.7 Å². The highest BCUT2D eigenvalue weighted by Crippen LogP contribution is 2.28. The molecule has 6 rings (SSSR count). The van der Waals surface area contributed by atoms with Crippen LogP contribution in [0.15, 0.2) is 53.6 Å². The average molecular weight is 531 g/mol. The van der Waals surface area contributed by atoms with Crippen molar-refractivity contribution < 1.29 is 4.79 Å². The topological polar surface area (TPSA) is 113 Å². The molecule has 10 nitrogen and oxygen atoms in total. The summed E-state index contributed by atoms with van der Waals surface area (Å²) in [4.78, 5) is 35.2. The van der Waals surface area contributed by atoms with Crippen molar-refractivity contribution in [1.82, 2.24) is 39.4 Å². The Balaban J connectivity index is 1.20. The number of carbonyl (C=O) groups is 1. The molecule has 1 aromatic carbocycles. The molecule has 5 aromatic rings. The predicted octanol–water partition coefficient (Wildman–Crippen LogP) is 3.81. The molecule has 0 unspecified atom stereocenters. The molecule has 0 aliphatic heterocycles. The lowest BCUT2D eigenvalue weighted by Gasteiger charge is -2.29. The second kappa shape index (κ2) is 9.68. The predicted molar refractivity (Wildman–Crippen MR) is 145 cm³/mol. The van der Waals surface area contributed by atoms with Gasteiger partial charge in [-0.15, -0.1) is 5.10 Å². The van der Waals surface area contributed by atoms with E-state index in [2.05, 4.69) is 25.6 Å². The van der Waals surface area contributed by atoms with Crippen LogP contribution in [0.4, 0.5) is 0 Å². The number of hydrogen-bond donors (Lipinski definition) is 1. The maximum Gasteiger partial charge on any atom is 0.333 e. The molecular formula is C27H27ClN8O2. The van der Waals surface area contributed by atoms with Gasteiger partial charge in [0.1, 0.15) is 5.52 Å². The van der Waals surface area contributed by atoms with E-state index in [0.29, 0.717) is 45.6 Å². The summed E-state index contributed by atoms with van der Waals surface area (Å²) in [6.07, 6.45) is 6.76. The number of amides is 1. The van der Waals surface area contributed by atoms with Gasteiger partial charge in [-0.2, -0.15) is 0 Å². The van der Waals surface area contributed by atoms with Gasteiger partial charge in [0.2, 0.25) is 0 Å². The standard InChI is InChI=1S/C27H27ClN8O2/c1-16-21(11-18(28)13-29-16)26(37)31-19-9-7-17(8-10-19)15-35-23-5-3-4-6-24(23)36(27(35)38)20-12-22-25(30-14-20)34(2)33-32-22/h3-6,11-14,17,19H,7-10,15H2,1-2H3,(H,31,37). The second-order valence-corrected chi connectivity index (χ2v) is 10.4. The Morgan fingerprint density at radius 1 is 1.08 bits per heavy atom. The molecule has 0 radical (unpaired) electrons. The van der Waals surface area contributed by atoms with E-state index in [1.54, 1.807) is 41.7 Å². The molecule has 0 bridgehead atoms. The normalized spacial score (nSPS) is 17.8. The highest BCUT2D eigenvalue weighted by molar-refractivity contribution is 6.30. The van der Waals surface area contributed by atoms with Crippen molar-refractivity contribution in [3.8, 4) is 5.69 Å². The number of aryl methyl sites for hydroxylation is 2. The third kappa shape index (κ3) is 4.34. The number of fused-ring (bicyclic) bond motifs is 2. The van der Waals surface area contributed by atoms with Crippen molar-refractivity contribution in [1.29, 1.82) is 0 Å². The van der Waals surface area contributed by atoms with E-state index in [1.807, 2.05) is 34.9 Å². The first kappa shape index (κ1) is 24.3. The number of benzene rings is 1. The maximum absolute atomic E-state index is 13.7. The number of aromatic nitrogens is 7. The monoisotopic (exact) mass is 530 g/mol. The van der Waals surface area contributed by atoms with Crippen molar-refractivity contribution in [3.05, 3.63) is 75.6 Å². The zero-order chi connectivity index (χ0) is 26.4. The van der Waals surface area contributed by atoms with Crippen LogP contribution in [0.3, 0.4) is 0 Å². The van der Waals surface area contributed by atoms with Gasteiger partial charge in [0.15, 0.2) is 5.65 Å². The van der Waals surface area contributed by atoms with Gasteiger partial charge in [-0.1, -0.05) is 28.9 Å². The van der Waals surface area contributed by atoms with Gasteiger partial charge < -0.3 is 5.32 Å². The maximum atomic E-state index is 13.7. The number of hydrogen-bond acceptors (Lipinski definition) is 6. The highest BCUT2D eigenvalue weighted by Gasteiger charge is 2.26. The Morgan fingerprint density at radius 2 is 1.84 bits per heavy atom. The molecule has 1 saturated carbocycles. The van der Waals surface area contributed by atoms with Gasteiger partial charge in [-0.3, -0.25) is 18.9 Å². The number of para-hydroxylation sites is 2. The third-order valence-corrected chi connectivity index (χ3v) is 7.65. The Hall–Kier alpha value is -4.05. The van der Waals surface area contributed by atoms with Crippen molar-refractivity contribution in [2.75, 3.05) is 0 Å². The summed E-state index contributed by atoms with van der Waals surface area (Å²) in [7, 11) is 1.79. The van der Waals surface area contributed by atoms with E-state index in [-0.39, 0.29) is 17.6 Å². The van der Waals surface area contributed by atoms with Gasteiger partial charge in [0.25, 0.3) is 5.91 Å². The summed E-state index contributed by atoms with van der Waals surface area (Å²) in [6, 6.07) is 11.4. The van der Waals surface area contributed by atoms with E-state index in [4.69, 9.17) is 11.6 Å².